The minimum Gasteiger partial charge on any atom is -0.461 e. The molecular weight excluding hydrogens is 448 g/mol. The highest BCUT2D eigenvalue weighted by Crippen LogP contribution is 2.45. The van der Waals surface area contributed by atoms with Gasteiger partial charge in [0.15, 0.2) is 5.69 Å². The van der Waals surface area contributed by atoms with Gasteiger partial charge in [0.2, 0.25) is 0 Å². The largest absolute Gasteiger partial charge is 0.461 e. The second kappa shape index (κ2) is 12.0. The Bertz CT molecular complexity index is 1160. The fourth-order valence-corrected chi connectivity index (χ4v) is 4.60. The van der Waals surface area contributed by atoms with Crippen molar-refractivity contribution in [2.75, 3.05) is 23.9 Å². The molecule has 0 radical (unpaired) electrons. The molecule has 0 spiro atoms. The maximum atomic E-state index is 12.1. The minimum absolute atomic E-state index is 0.294. The van der Waals surface area contributed by atoms with Gasteiger partial charge in [-0.3, -0.25) is 0 Å². The van der Waals surface area contributed by atoms with Crippen LogP contribution in [0.2, 0.25) is 0 Å². The second-order valence-electron chi connectivity index (χ2n) is 9.56. The fraction of sp³-hybridized carbons (Fsp3) is 0.433. The summed E-state index contributed by atoms with van der Waals surface area (Å²) < 4.78 is 5.09. The zero-order valence-corrected chi connectivity index (χ0v) is 22.0. The fourth-order valence-electron chi connectivity index (χ4n) is 4.60. The highest BCUT2D eigenvalue weighted by molar-refractivity contribution is 5.87. The molecule has 0 bridgehead atoms. The normalized spacial score (nSPS) is 13.8. The van der Waals surface area contributed by atoms with Crippen LogP contribution in [0.15, 0.2) is 54.7 Å². The molecule has 2 heterocycles. The number of nitrogens with one attached hydrogen (secondary N) is 1. The van der Waals surface area contributed by atoms with E-state index in [1.165, 1.54) is 49.7 Å². The zero-order chi connectivity index (χ0) is 25.5. The Morgan fingerprint density at radius 3 is 2.58 bits per heavy atom. The smallest absolute Gasteiger partial charge is 0.356 e. The molecule has 1 aromatic carbocycles. The van der Waals surface area contributed by atoms with Gasteiger partial charge in [-0.2, -0.15) is 0 Å². The van der Waals surface area contributed by atoms with Crippen LogP contribution in [-0.2, 0) is 4.74 Å². The lowest BCUT2D eigenvalue weighted by molar-refractivity contribution is 0.0519. The van der Waals surface area contributed by atoms with Gasteiger partial charge in [0.1, 0.15) is 11.6 Å². The number of carbonyl (C=O) groups excluding carboxylic acids is 1. The van der Waals surface area contributed by atoms with Crippen LogP contribution in [0.4, 0.5) is 23.0 Å². The lowest BCUT2D eigenvalue weighted by Gasteiger charge is -2.22. The van der Waals surface area contributed by atoms with Crippen LogP contribution in [0, 0.1) is 0 Å². The Kier molecular flexibility index (Phi) is 8.57. The number of nitrogens with zero attached hydrogens (tertiary/aromatic N) is 3. The number of rotatable bonds is 12. The standard InChI is InChI=1S/C30H38N4O2/c1-5-8-10-21(6-2)22-15-17-24(18-16-22)34(4)29-19-25(23-13-14-23)27(20-31-29)33-28-12-9-11-26(32-28)30(35)36-7-3/h9,11-12,15-21,23H,5-8,10,13-14H2,1-4H3,(H,32,33). The van der Waals surface area contributed by atoms with Crippen molar-refractivity contribution in [3.8, 4) is 0 Å². The molecule has 6 nitrogen and oxygen atoms in total. The van der Waals surface area contributed by atoms with Crippen molar-refractivity contribution in [1.82, 2.24) is 9.97 Å². The van der Waals surface area contributed by atoms with Gasteiger partial charge in [-0.05, 0) is 85.9 Å². The number of carbonyl (C=O) groups is 1. The number of ether oxygens (including phenoxy) is 1. The van der Waals surface area contributed by atoms with Crippen molar-refractivity contribution in [1.29, 1.82) is 0 Å². The summed E-state index contributed by atoms with van der Waals surface area (Å²) in [7, 11) is 2.07. The average Bonchev–Trinajstić information content (AvgIpc) is 3.75. The van der Waals surface area contributed by atoms with Crippen LogP contribution in [0.25, 0.3) is 0 Å². The molecule has 0 saturated heterocycles. The molecule has 1 saturated carbocycles. The van der Waals surface area contributed by atoms with Gasteiger partial charge in [0.25, 0.3) is 0 Å². The summed E-state index contributed by atoms with van der Waals surface area (Å²) in [5, 5.41) is 3.38. The first kappa shape index (κ1) is 25.7. The molecule has 1 aliphatic rings. The molecule has 190 valence electrons. The summed E-state index contributed by atoms with van der Waals surface area (Å²) in [6.45, 7) is 6.65. The SMILES string of the molecule is CCCCC(CC)c1ccc(N(C)c2cc(C3CC3)c(Nc3cccc(C(=O)OCC)n3)cn2)cc1. The predicted octanol–water partition coefficient (Wildman–Crippen LogP) is 7.73. The van der Waals surface area contributed by atoms with Crippen molar-refractivity contribution >= 4 is 29.0 Å². The van der Waals surface area contributed by atoms with E-state index in [1.807, 2.05) is 18.3 Å². The molecule has 0 amide bonds. The maximum Gasteiger partial charge on any atom is 0.356 e. The zero-order valence-electron chi connectivity index (χ0n) is 22.0. The third kappa shape index (κ3) is 6.23. The minimum atomic E-state index is -0.416. The third-order valence-electron chi connectivity index (χ3n) is 6.93. The van der Waals surface area contributed by atoms with E-state index in [4.69, 9.17) is 9.72 Å². The number of esters is 1. The van der Waals surface area contributed by atoms with Crippen molar-refractivity contribution < 1.29 is 9.53 Å². The number of hydrogen-bond acceptors (Lipinski definition) is 6. The average molecular weight is 487 g/mol. The van der Waals surface area contributed by atoms with Gasteiger partial charge in [0.05, 0.1) is 18.5 Å². The van der Waals surface area contributed by atoms with Crippen LogP contribution in [0.1, 0.15) is 92.7 Å². The molecule has 1 atom stereocenters. The molecule has 1 unspecified atom stereocenters. The summed E-state index contributed by atoms with van der Waals surface area (Å²) in [5.41, 5.74) is 5.01. The molecule has 6 heteroatoms. The number of hydrogen-bond donors (Lipinski definition) is 1. The predicted molar refractivity (Wildman–Crippen MR) is 147 cm³/mol. The van der Waals surface area contributed by atoms with Gasteiger partial charge in [-0.15, -0.1) is 0 Å². The Balaban J connectivity index is 1.52. The summed E-state index contributed by atoms with van der Waals surface area (Å²) in [6, 6.07) is 16.5. The van der Waals surface area contributed by atoms with E-state index < -0.39 is 5.97 Å². The Morgan fingerprint density at radius 1 is 1.14 bits per heavy atom. The molecule has 36 heavy (non-hydrogen) atoms. The topological polar surface area (TPSA) is 67.4 Å². The van der Waals surface area contributed by atoms with Gasteiger partial charge in [-0.25, -0.2) is 14.8 Å². The number of aromatic nitrogens is 2. The van der Waals surface area contributed by atoms with Crippen molar-refractivity contribution in [2.24, 2.45) is 0 Å². The van der Waals surface area contributed by atoms with E-state index >= 15 is 0 Å². The first-order valence-electron chi connectivity index (χ1n) is 13.3. The molecule has 1 N–H and O–H groups in total. The van der Waals surface area contributed by atoms with Gasteiger partial charge in [0, 0.05) is 12.7 Å². The summed E-state index contributed by atoms with van der Waals surface area (Å²) in [6.07, 6.45) is 9.16. The van der Waals surface area contributed by atoms with Crippen molar-refractivity contribution in [2.45, 2.75) is 71.1 Å². The van der Waals surface area contributed by atoms with Gasteiger partial charge in [-0.1, -0.05) is 44.9 Å². The van der Waals surface area contributed by atoms with E-state index in [-0.39, 0.29) is 0 Å². The second-order valence-corrected chi connectivity index (χ2v) is 9.56. The van der Waals surface area contributed by atoms with E-state index in [0.717, 1.165) is 17.2 Å². The molecule has 4 rings (SSSR count). The summed E-state index contributed by atoms with van der Waals surface area (Å²) in [5.74, 6) is 2.25. The van der Waals surface area contributed by atoms with Crippen molar-refractivity contribution in [3.63, 3.8) is 0 Å². The molecule has 2 aromatic heterocycles. The Labute approximate surface area is 215 Å². The highest BCUT2D eigenvalue weighted by atomic mass is 16.5. The lowest BCUT2D eigenvalue weighted by atomic mass is 9.91. The third-order valence-corrected chi connectivity index (χ3v) is 6.93. The summed E-state index contributed by atoms with van der Waals surface area (Å²) >= 11 is 0. The monoisotopic (exact) mass is 486 g/mol. The van der Waals surface area contributed by atoms with Crippen LogP contribution in [0.3, 0.4) is 0 Å². The first-order chi connectivity index (χ1) is 17.5. The van der Waals surface area contributed by atoms with Crippen LogP contribution >= 0.6 is 0 Å². The number of benzene rings is 1. The lowest BCUT2D eigenvalue weighted by Crippen LogP contribution is -2.12. The van der Waals surface area contributed by atoms with Crippen LogP contribution in [0.5, 0.6) is 0 Å². The molecule has 1 aliphatic carbocycles. The first-order valence-corrected chi connectivity index (χ1v) is 13.3. The summed E-state index contributed by atoms with van der Waals surface area (Å²) in [4.78, 5) is 23.4. The number of anilines is 4. The Morgan fingerprint density at radius 2 is 1.92 bits per heavy atom. The van der Waals surface area contributed by atoms with Gasteiger partial charge < -0.3 is 15.0 Å². The highest BCUT2D eigenvalue weighted by Gasteiger charge is 2.27. The maximum absolute atomic E-state index is 12.1. The van der Waals surface area contributed by atoms with Crippen molar-refractivity contribution in [3.05, 3.63) is 71.5 Å². The Hall–Kier alpha value is -3.41. The van der Waals surface area contributed by atoms with E-state index in [2.05, 4.69) is 66.4 Å². The van der Waals surface area contributed by atoms with Gasteiger partial charge >= 0.3 is 5.97 Å². The van der Waals surface area contributed by atoms with E-state index in [9.17, 15) is 4.79 Å². The molecule has 3 aromatic rings. The van der Waals surface area contributed by atoms with Crippen LogP contribution in [-0.4, -0.2) is 29.6 Å². The quantitative estimate of drug-likeness (QED) is 0.264. The van der Waals surface area contributed by atoms with E-state index in [0.29, 0.717) is 30.0 Å². The van der Waals surface area contributed by atoms with Crippen LogP contribution < -0.4 is 10.2 Å². The van der Waals surface area contributed by atoms with E-state index in [1.54, 1.807) is 13.0 Å². The molecule has 0 aliphatic heterocycles. The number of unbranched alkanes of at least 4 members (excludes halogenated alkanes) is 1. The number of pyridine rings is 2. The molecule has 1 fully saturated rings. The molecular formula is C30H38N4O2.